The molecule has 6 heteroatoms. The SMILES string of the molecule is Cc1ccc(CCC(=O)NCCNC(=O)[C@H](O)C(C)(C)CO)cc1. The number of aryl methyl sites for hydroxylation is 2. The van der Waals surface area contributed by atoms with Crippen molar-refractivity contribution < 1.29 is 19.8 Å². The largest absolute Gasteiger partial charge is 0.396 e. The molecule has 0 aromatic heterocycles. The van der Waals surface area contributed by atoms with Crippen molar-refractivity contribution in [3.63, 3.8) is 0 Å². The van der Waals surface area contributed by atoms with Crippen LogP contribution in [0.4, 0.5) is 0 Å². The van der Waals surface area contributed by atoms with Crippen LogP contribution < -0.4 is 10.6 Å². The van der Waals surface area contributed by atoms with Crippen molar-refractivity contribution in [3.8, 4) is 0 Å². The van der Waals surface area contributed by atoms with Crippen LogP contribution in [0.2, 0.25) is 0 Å². The number of hydrogen-bond acceptors (Lipinski definition) is 4. The van der Waals surface area contributed by atoms with E-state index in [1.54, 1.807) is 13.8 Å². The van der Waals surface area contributed by atoms with Gasteiger partial charge in [-0.1, -0.05) is 43.7 Å². The lowest BCUT2D eigenvalue weighted by atomic mass is 9.87. The molecule has 0 fully saturated rings. The van der Waals surface area contributed by atoms with Gasteiger partial charge in [0.25, 0.3) is 0 Å². The molecule has 4 N–H and O–H groups in total. The first-order chi connectivity index (χ1) is 11.3. The molecule has 1 atom stereocenters. The highest BCUT2D eigenvalue weighted by Crippen LogP contribution is 2.19. The highest BCUT2D eigenvalue weighted by Gasteiger charge is 2.32. The van der Waals surface area contributed by atoms with Gasteiger partial charge in [0.1, 0.15) is 6.10 Å². The van der Waals surface area contributed by atoms with E-state index in [9.17, 15) is 14.7 Å². The minimum Gasteiger partial charge on any atom is -0.396 e. The molecule has 0 aliphatic rings. The van der Waals surface area contributed by atoms with Crippen molar-refractivity contribution in [1.82, 2.24) is 10.6 Å². The number of carbonyl (C=O) groups is 2. The average molecular weight is 336 g/mol. The Morgan fingerprint density at radius 2 is 1.71 bits per heavy atom. The summed E-state index contributed by atoms with van der Waals surface area (Å²) in [6.07, 6.45) is -0.237. The van der Waals surface area contributed by atoms with Gasteiger partial charge in [-0.05, 0) is 18.9 Å². The molecular weight excluding hydrogens is 308 g/mol. The van der Waals surface area contributed by atoms with Crippen LogP contribution in [0.15, 0.2) is 24.3 Å². The number of aliphatic hydroxyl groups is 2. The second-order valence-electron chi connectivity index (χ2n) is 6.68. The molecule has 0 aliphatic heterocycles. The Morgan fingerprint density at radius 3 is 2.29 bits per heavy atom. The van der Waals surface area contributed by atoms with Gasteiger partial charge in [0.15, 0.2) is 0 Å². The molecule has 6 nitrogen and oxygen atoms in total. The smallest absolute Gasteiger partial charge is 0.249 e. The number of amides is 2. The predicted molar refractivity (Wildman–Crippen MR) is 92.4 cm³/mol. The molecule has 0 spiro atoms. The van der Waals surface area contributed by atoms with Crippen molar-refractivity contribution in [2.24, 2.45) is 5.41 Å². The highest BCUT2D eigenvalue weighted by molar-refractivity contribution is 5.81. The minimum atomic E-state index is -1.29. The Kier molecular flexibility index (Phi) is 7.88. The van der Waals surface area contributed by atoms with Crippen molar-refractivity contribution in [2.45, 2.75) is 39.7 Å². The lowest BCUT2D eigenvalue weighted by Gasteiger charge is -2.27. The van der Waals surface area contributed by atoms with Crippen LogP contribution in [-0.4, -0.2) is 47.8 Å². The fourth-order valence-electron chi connectivity index (χ4n) is 2.03. The summed E-state index contributed by atoms with van der Waals surface area (Å²) < 4.78 is 0. The molecule has 0 saturated heterocycles. The summed E-state index contributed by atoms with van der Waals surface area (Å²) in [6.45, 7) is 5.45. The fraction of sp³-hybridized carbons (Fsp3) is 0.556. The molecule has 1 aromatic carbocycles. The van der Waals surface area contributed by atoms with Gasteiger partial charge in [0.2, 0.25) is 11.8 Å². The van der Waals surface area contributed by atoms with E-state index in [1.807, 2.05) is 31.2 Å². The Hall–Kier alpha value is -1.92. The van der Waals surface area contributed by atoms with E-state index in [-0.39, 0.29) is 19.1 Å². The van der Waals surface area contributed by atoms with E-state index in [0.29, 0.717) is 19.4 Å². The van der Waals surface area contributed by atoms with Crippen molar-refractivity contribution in [2.75, 3.05) is 19.7 Å². The summed E-state index contributed by atoms with van der Waals surface area (Å²) in [5.41, 5.74) is 1.39. The quantitative estimate of drug-likeness (QED) is 0.495. The maximum atomic E-state index is 11.8. The van der Waals surface area contributed by atoms with Crippen LogP contribution in [0.5, 0.6) is 0 Å². The van der Waals surface area contributed by atoms with Gasteiger partial charge in [0.05, 0.1) is 6.61 Å². The maximum absolute atomic E-state index is 11.8. The molecule has 2 amide bonds. The Bertz CT molecular complexity index is 540. The molecule has 0 unspecified atom stereocenters. The maximum Gasteiger partial charge on any atom is 0.249 e. The molecule has 1 aromatic rings. The monoisotopic (exact) mass is 336 g/mol. The molecule has 0 radical (unpaired) electrons. The first-order valence-electron chi connectivity index (χ1n) is 8.15. The molecule has 1 rings (SSSR count). The van der Waals surface area contributed by atoms with E-state index in [1.165, 1.54) is 5.56 Å². The van der Waals surface area contributed by atoms with E-state index >= 15 is 0 Å². The fourth-order valence-corrected chi connectivity index (χ4v) is 2.03. The van der Waals surface area contributed by atoms with Crippen molar-refractivity contribution in [3.05, 3.63) is 35.4 Å². The molecular formula is C18H28N2O4. The highest BCUT2D eigenvalue weighted by atomic mass is 16.3. The van der Waals surface area contributed by atoms with E-state index < -0.39 is 17.4 Å². The van der Waals surface area contributed by atoms with Crippen LogP contribution in [0, 0.1) is 12.3 Å². The van der Waals surface area contributed by atoms with Gasteiger partial charge in [-0.15, -0.1) is 0 Å². The minimum absolute atomic E-state index is 0.0824. The van der Waals surface area contributed by atoms with Gasteiger partial charge >= 0.3 is 0 Å². The van der Waals surface area contributed by atoms with Crippen LogP contribution in [0.25, 0.3) is 0 Å². The van der Waals surface area contributed by atoms with Gasteiger partial charge < -0.3 is 20.8 Å². The zero-order valence-corrected chi connectivity index (χ0v) is 14.6. The summed E-state index contributed by atoms with van der Waals surface area (Å²) >= 11 is 0. The van der Waals surface area contributed by atoms with Crippen LogP contribution in [0.1, 0.15) is 31.4 Å². The van der Waals surface area contributed by atoms with Crippen molar-refractivity contribution >= 4 is 11.8 Å². The summed E-state index contributed by atoms with van der Waals surface area (Å²) in [5.74, 6) is -0.635. The second kappa shape index (κ2) is 9.39. The number of aliphatic hydroxyl groups excluding tert-OH is 2. The van der Waals surface area contributed by atoms with Crippen LogP contribution in [0.3, 0.4) is 0 Å². The first kappa shape index (κ1) is 20.1. The Balaban J connectivity index is 2.21. The standard InChI is InChI=1S/C18H28N2O4/c1-13-4-6-14(7-5-13)8-9-15(22)19-10-11-20-17(24)16(23)18(2,3)12-21/h4-7,16,21,23H,8-12H2,1-3H3,(H,19,22)(H,20,24)/t16-/m0/s1. The lowest BCUT2D eigenvalue weighted by molar-refractivity contribution is -0.137. The zero-order chi connectivity index (χ0) is 18.2. The molecule has 0 heterocycles. The number of carbonyl (C=O) groups excluding carboxylic acids is 2. The number of hydrogen-bond donors (Lipinski definition) is 4. The van der Waals surface area contributed by atoms with Gasteiger partial charge in [-0.3, -0.25) is 9.59 Å². The van der Waals surface area contributed by atoms with E-state index in [4.69, 9.17) is 5.11 Å². The summed E-state index contributed by atoms with van der Waals surface area (Å²) in [5, 5.41) is 24.2. The number of nitrogens with one attached hydrogen (secondary N) is 2. The van der Waals surface area contributed by atoms with Gasteiger partial charge in [0, 0.05) is 24.9 Å². The van der Waals surface area contributed by atoms with E-state index in [2.05, 4.69) is 10.6 Å². The number of benzene rings is 1. The summed E-state index contributed by atoms with van der Waals surface area (Å²) in [4.78, 5) is 23.5. The second-order valence-corrected chi connectivity index (χ2v) is 6.68. The van der Waals surface area contributed by atoms with Gasteiger partial charge in [-0.25, -0.2) is 0 Å². The molecule has 0 aliphatic carbocycles. The Labute approximate surface area is 143 Å². The van der Waals surface area contributed by atoms with Crippen molar-refractivity contribution in [1.29, 1.82) is 0 Å². The summed E-state index contributed by atoms with van der Waals surface area (Å²) in [6, 6.07) is 8.05. The third-order valence-corrected chi connectivity index (χ3v) is 3.90. The summed E-state index contributed by atoms with van der Waals surface area (Å²) in [7, 11) is 0. The van der Waals surface area contributed by atoms with Crippen LogP contribution >= 0.6 is 0 Å². The third-order valence-electron chi connectivity index (χ3n) is 3.90. The normalized spacial score (nSPS) is 12.5. The molecule has 134 valence electrons. The molecule has 0 bridgehead atoms. The molecule has 0 saturated carbocycles. The van der Waals surface area contributed by atoms with Crippen LogP contribution in [-0.2, 0) is 16.0 Å². The van der Waals surface area contributed by atoms with E-state index in [0.717, 1.165) is 5.56 Å². The molecule has 24 heavy (non-hydrogen) atoms. The lowest BCUT2D eigenvalue weighted by Crippen LogP contribution is -2.47. The topological polar surface area (TPSA) is 98.7 Å². The predicted octanol–water partition coefficient (Wildman–Crippen LogP) is 0.539. The first-order valence-corrected chi connectivity index (χ1v) is 8.15. The number of rotatable bonds is 9. The van der Waals surface area contributed by atoms with Gasteiger partial charge in [-0.2, -0.15) is 0 Å². The third kappa shape index (κ3) is 6.68. The average Bonchev–Trinajstić information content (AvgIpc) is 2.57. The zero-order valence-electron chi connectivity index (χ0n) is 14.6. The Morgan fingerprint density at radius 1 is 1.12 bits per heavy atom.